The molecule has 1 aliphatic heterocycles. The van der Waals surface area contributed by atoms with Crippen molar-refractivity contribution < 1.29 is 19.1 Å². The van der Waals surface area contributed by atoms with Crippen molar-refractivity contribution in [3.05, 3.63) is 99.2 Å². The van der Waals surface area contributed by atoms with Gasteiger partial charge < -0.3 is 10.1 Å². The van der Waals surface area contributed by atoms with Crippen molar-refractivity contribution in [1.29, 1.82) is 0 Å². The van der Waals surface area contributed by atoms with Crippen LogP contribution >= 0.6 is 23.2 Å². The van der Waals surface area contributed by atoms with Crippen LogP contribution in [0, 0.1) is 6.92 Å². The number of amides is 2. The molecule has 6 nitrogen and oxygen atoms in total. The molecular formula is C28H24Cl2N2O4. The molecule has 0 atom stereocenters. The molecule has 0 unspecified atom stereocenters. The number of ether oxygens (including phenoxy) is 1. The molecule has 4 rings (SSSR count). The Labute approximate surface area is 219 Å². The normalized spacial score (nSPS) is 13.9. The van der Waals surface area contributed by atoms with E-state index in [0.29, 0.717) is 27.7 Å². The molecule has 2 amide bonds. The maximum absolute atomic E-state index is 13.0. The van der Waals surface area contributed by atoms with Crippen LogP contribution < -0.4 is 15.0 Å². The van der Waals surface area contributed by atoms with Gasteiger partial charge in [-0.1, -0.05) is 62.2 Å². The lowest BCUT2D eigenvalue weighted by atomic mass is 9.87. The summed E-state index contributed by atoms with van der Waals surface area (Å²) in [4.78, 5) is 39.2. The second-order valence-electron chi connectivity index (χ2n) is 9.43. The third-order valence-corrected chi connectivity index (χ3v) is 6.52. The zero-order valence-electron chi connectivity index (χ0n) is 20.2. The zero-order valence-corrected chi connectivity index (χ0v) is 21.7. The largest absolute Gasteiger partial charge is 0.423 e. The Bertz CT molecular complexity index is 1390. The van der Waals surface area contributed by atoms with Crippen LogP contribution in [0.3, 0.4) is 0 Å². The first kappa shape index (κ1) is 25.5. The van der Waals surface area contributed by atoms with Gasteiger partial charge in [0.05, 0.1) is 11.3 Å². The van der Waals surface area contributed by atoms with Gasteiger partial charge in [-0.15, -0.1) is 0 Å². The van der Waals surface area contributed by atoms with Crippen molar-refractivity contribution >= 4 is 52.4 Å². The van der Waals surface area contributed by atoms with E-state index in [9.17, 15) is 14.4 Å². The monoisotopic (exact) mass is 522 g/mol. The first-order valence-corrected chi connectivity index (χ1v) is 12.0. The van der Waals surface area contributed by atoms with Crippen LogP contribution in [0.15, 0.2) is 77.5 Å². The SMILES string of the molecule is Cc1ccc(N2C(=O)C(Cl)=C(Nc3ccc(C(=O)Oc4ccc(C(C)(C)C)cc4)cc3)C2=O)cc1Cl. The summed E-state index contributed by atoms with van der Waals surface area (Å²) in [6.07, 6.45) is 0. The lowest BCUT2D eigenvalue weighted by Crippen LogP contribution is -2.32. The number of aryl methyl sites for hydroxylation is 1. The number of imide groups is 1. The number of rotatable bonds is 5. The maximum Gasteiger partial charge on any atom is 0.343 e. The molecule has 36 heavy (non-hydrogen) atoms. The Morgan fingerprint density at radius 1 is 0.889 bits per heavy atom. The summed E-state index contributed by atoms with van der Waals surface area (Å²) in [6, 6.07) is 18.6. The van der Waals surface area contributed by atoms with E-state index in [1.807, 2.05) is 19.1 Å². The molecule has 3 aromatic rings. The molecule has 184 valence electrons. The molecule has 0 bridgehead atoms. The van der Waals surface area contributed by atoms with Crippen LogP contribution in [-0.4, -0.2) is 17.8 Å². The summed E-state index contributed by atoms with van der Waals surface area (Å²) >= 11 is 12.4. The van der Waals surface area contributed by atoms with Crippen LogP contribution in [0.2, 0.25) is 5.02 Å². The van der Waals surface area contributed by atoms with E-state index in [1.165, 1.54) is 6.07 Å². The van der Waals surface area contributed by atoms with Crippen LogP contribution in [0.1, 0.15) is 42.3 Å². The Morgan fingerprint density at radius 2 is 1.53 bits per heavy atom. The van der Waals surface area contributed by atoms with Crippen molar-refractivity contribution in [2.24, 2.45) is 0 Å². The third kappa shape index (κ3) is 5.15. The van der Waals surface area contributed by atoms with E-state index in [-0.39, 0.29) is 16.1 Å². The number of benzene rings is 3. The predicted molar refractivity (Wildman–Crippen MR) is 142 cm³/mol. The van der Waals surface area contributed by atoms with Gasteiger partial charge in [-0.25, -0.2) is 9.69 Å². The molecule has 1 N–H and O–H groups in total. The minimum Gasteiger partial charge on any atom is -0.423 e. The fourth-order valence-corrected chi connectivity index (χ4v) is 3.98. The second kappa shape index (κ2) is 9.80. The van der Waals surface area contributed by atoms with Crippen molar-refractivity contribution in [1.82, 2.24) is 0 Å². The fourth-order valence-electron chi connectivity index (χ4n) is 3.59. The number of halogens is 2. The van der Waals surface area contributed by atoms with E-state index < -0.39 is 17.8 Å². The molecule has 3 aromatic carbocycles. The fraction of sp³-hybridized carbons (Fsp3) is 0.179. The first-order chi connectivity index (χ1) is 17.0. The minimum absolute atomic E-state index is 0.000759. The van der Waals surface area contributed by atoms with Crippen LogP contribution in [0.4, 0.5) is 11.4 Å². The summed E-state index contributed by atoms with van der Waals surface area (Å²) in [5.74, 6) is -1.33. The van der Waals surface area contributed by atoms with E-state index >= 15 is 0 Å². The van der Waals surface area contributed by atoms with Crippen molar-refractivity contribution in [2.45, 2.75) is 33.1 Å². The average Bonchev–Trinajstić information content (AvgIpc) is 3.04. The van der Waals surface area contributed by atoms with Crippen molar-refractivity contribution in [3.8, 4) is 5.75 Å². The molecule has 0 spiro atoms. The van der Waals surface area contributed by atoms with Gasteiger partial charge in [0.15, 0.2) is 0 Å². The highest BCUT2D eigenvalue weighted by molar-refractivity contribution is 6.53. The van der Waals surface area contributed by atoms with E-state index in [2.05, 4.69) is 26.1 Å². The Kier molecular flexibility index (Phi) is 6.94. The van der Waals surface area contributed by atoms with Gasteiger partial charge in [-0.2, -0.15) is 0 Å². The lowest BCUT2D eigenvalue weighted by Gasteiger charge is -2.19. The van der Waals surface area contributed by atoms with Crippen LogP contribution in [0.25, 0.3) is 0 Å². The number of carbonyl (C=O) groups excluding carboxylic acids is 3. The van der Waals surface area contributed by atoms with Crippen molar-refractivity contribution in [2.75, 3.05) is 10.2 Å². The number of carbonyl (C=O) groups is 3. The molecule has 8 heteroatoms. The topological polar surface area (TPSA) is 75.7 Å². The highest BCUT2D eigenvalue weighted by Gasteiger charge is 2.39. The Hall–Kier alpha value is -3.61. The number of hydrogen-bond donors (Lipinski definition) is 1. The van der Waals surface area contributed by atoms with Gasteiger partial charge in [0.25, 0.3) is 11.8 Å². The Balaban J connectivity index is 1.45. The van der Waals surface area contributed by atoms with Gasteiger partial charge >= 0.3 is 5.97 Å². The summed E-state index contributed by atoms with van der Waals surface area (Å²) in [5.41, 5.74) is 3.01. The minimum atomic E-state index is -0.651. The molecule has 0 fully saturated rings. The van der Waals surface area contributed by atoms with Crippen molar-refractivity contribution in [3.63, 3.8) is 0 Å². The molecule has 0 saturated heterocycles. The number of nitrogens with zero attached hydrogens (tertiary/aromatic N) is 1. The highest BCUT2D eigenvalue weighted by Crippen LogP contribution is 2.32. The standard InChI is InChI=1S/C28H24Cl2N2O4/c1-16-5-12-20(15-22(16)29)32-25(33)23(30)24(26(32)34)31-19-10-6-17(7-11-19)27(35)36-21-13-8-18(9-14-21)28(2,3)4/h5-15,31H,1-4H3. The lowest BCUT2D eigenvalue weighted by molar-refractivity contribution is -0.120. The summed E-state index contributed by atoms with van der Waals surface area (Å²) in [5, 5.41) is 3.08. The van der Waals surface area contributed by atoms with E-state index in [4.69, 9.17) is 27.9 Å². The van der Waals surface area contributed by atoms with E-state index in [1.54, 1.807) is 48.5 Å². The summed E-state index contributed by atoms with van der Waals surface area (Å²) in [6.45, 7) is 8.15. The van der Waals surface area contributed by atoms with Crippen LogP contribution in [0.5, 0.6) is 5.75 Å². The molecular weight excluding hydrogens is 499 g/mol. The second-order valence-corrected chi connectivity index (χ2v) is 10.2. The zero-order chi connectivity index (χ0) is 26.2. The molecule has 0 saturated carbocycles. The maximum atomic E-state index is 13.0. The molecule has 0 aromatic heterocycles. The molecule has 0 radical (unpaired) electrons. The van der Waals surface area contributed by atoms with Gasteiger partial charge in [0.2, 0.25) is 0 Å². The predicted octanol–water partition coefficient (Wildman–Crippen LogP) is 6.60. The Morgan fingerprint density at radius 3 is 2.11 bits per heavy atom. The van der Waals surface area contributed by atoms with E-state index in [0.717, 1.165) is 16.0 Å². The summed E-state index contributed by atoms with van der Waals surface area (Å²) in [7, 11) is 0. The third-order valence-electron chi connectivity index (χ3n) is 5.76. The van der Waals surface area contributed by atoms with Gasteiger partial charge in [0, 0.05) is 10.7 Å². The smallest absolute Gasteiger partial charge is 0.343 e. The first-order valence-electron chi connectivity index (χ1n) is 11.2. The molecule has 1 heterocycles. The highest BCUT2D eigenvalue weighted by atomic mass is 35.5. The summed E-state index contributed by atoms with van der Waals surface area (Å²) < 4.78 is 5.46. The average molecular weight is 523 g/mol. The van der Waals surface area contributed by atoms with Gasteiger partial charge in [-0.05, 0) is 72.0 Å². The number of anilines is 2. The number of esters is 1. The quantitative estimate of drug-likeness (QED) is 0.232. The molecule has 1 aliphatic rings. The number of hydrogen-bond acceptors (Lipinski definition) is 5. The van der Waals surface area contributed by atoms with Gasteiger partial charge in [0.1, 0.15) is 16.5 Å². The number of nitrogens with one attached hydrogen (secondary N) is 1. The van der Waals surface area contributed by atoms with Crippen LogP contribution in [-0.2, 0) is 15.0 Å². The van der Waals surface area contributed by atoms with Gasteiger partial charge in [-0.3, -0.25) is 9.59 Å². The molecule has 0 aliphatic carbocycles.